The number of benzene rings is 4. The molecule has 49 heavy (non-hydrogen) atoms. The SMILES string of the molecule is Cc1cccc(S(=O)(=O)NC(=O)Nc2ccc(C(=O)OCCCOC(=O)c3ccc(NC(=O)NS(=O)(=O)c4cccc(C)c4)cc3)cc2)c1. The highest BCUT2D eigenvalue weighted by molar-refractivity contribution is 7.90. The van der Waals surface area contributed by atoms with Gasteiger partial charge in [-0.25, -0.2) is 45.5 Å². The van der Waals surface area contributed by atoms with Crippen molar-refractivity contribution in [1.29, 1.82) is 0 Å². The third-order valence-corrected chi connectivity index (χ3v) is 9.22. The molecule has 0 unspecified atom stereocenters. The summed E-state index contributed by atoms with van der Waals surface area (Å²) in [5.74, 6) is -1.33. The zero-order valence-electron chi connectivity index (χ0n) is 26.3. The molecule has 14 nitrogen and oxygen atoms in total. The third kappa shape index (κ3) is 10.6. The van der Waals surface area contributed by atoms with E-state index >= 15 is 0 Å². The summed E-state index contributed by atoms with van der Waals surface area (Å²) in [6.07, 6.45) is 0.196. The van der Waals surface area contributed by atoms with Crippen molar-refractivity contribution < 1.29 is 45.5 Å². The molecule has 0 spiro atoms. The molecule has 0 aliphatic rings. The zero-order valence-corrected chi connectivity index (χ0v) is 27.9. The molecule has 4 rings (SSSR count). The highest BCUT2D eigenvalue weighted by atomic mass is 32.2. The van der Waals surface area contributed by atoms with Crippen molar-refractivity contribution in [3.05, 3.63) is 119 Å². The van der Waals surface area contributed by atoms with Crippen LogP contribution in [0.1, 0.15) is 38.3 Å². The topological polar surface area (TPSA) is 203 Å². The molecular formula is C33H32N4O10S2. The summed E-state index contributed by atoms with van der Waals surface area (Å²) < 4.78 is 63.9. The quantitative estimate of drug-likeness (QED) is 0.118. The summed E-state index contributed by atoms with van der Waals surface area (Å²) in [4.78, 5) is 49.1. The minimum absolute atomic E-state index is 0.0580. The Balaban J connectivity index is 1.15. The average molecular weight is 709 g/mol. The van der Waals surface area contributed by atoms with Gasteiger partial charge in [-0.2, -0.15) is 0 Å². The lowest BCUT2D eigenvalue weighted by atomic mass is 10.2. The first-order valence-electron chi connectivity index (χ1n) is 14.6. The highest BCUT2D eigenvalue weighted by Crippen LogP contribution is 2.15. The van der Waals surface area contributed by atoms with E-state index in [0.717, 1.165) is 0 Å². The molecule has 0 bridgehead atoms. The van der Waals surface area contributed by atoms with Crippen molar-refractivity contribution in [1.82, 2.24) is 9.44 Å². The second kappa shape index (κ2) is 15.9. The van der Waals surface area contributed by atoms with Gasteiger partial charge in [0.2, 0.25) is 0 Å². The van der Waals surface area contributed by atoms with Crippen LogP contribution in [0.2, 0.25) is 0 Å². The second-order valence-corrected chi connectivity index (χ2v) is 13.9. The molecule has 4 N–H and O–H groups in total. The third-order valence-electron chi connectivity index (χ3n) is 6.57. The number of ether oxygens (including phenoxy) is 2. The summed E-state index contributed by atoms with van der Waals surface area (Å²) in [6.45, 7) is 3.33. The van der Waals surface area contributed by atoms with Gasteiger partial charge in [0.1, 0.15) is 0 Å². The summed E-state index contributed by atoms with van der Waals surface area (Å²) in [7, 11) is -8.16. The van der Waals surface area contributed by atoms with E-state index in [2.05, 4.69) is 10.6 Å². The predicted molar refractivity (Wildman–Crippen MR) is 179 cm³/mol. The van der Waals surface area contributed by atoms with Gasteiger partial charge in [0.15, 0.2) is 0 Å². The lowest BCUT2D eigenvalue weighted by Gasteiger charge is -2.10. The van der Waals surface area contributed by atoms with E-state index in [1.165, 1.54) is 72.8 Å². The first kappa shape index (κ1) is 36.1. The maximum absolute atomic E-state index is 12.4. The summed E-state index contributed by atoms with van der Waals surface area (Å²) in [6, 6.07) is 21.3. The van der Waals surface area contributed by atoms with Crippen LogP contribution in [0.4, 0.5) is 21.0 Å². The van der Waals surface area contributed by atoms with Crippen molar-refractivity contribution in [2.45, 2.75) is 30.1 Å². The number of hydrogen-bond donors (Lipinski definition) is 4. The molecule has 0 aliphatic carbocycles. The van der Waals surface area contributed by atoms with Crippen LogP contribution in [0.25, 0.3) is 0 Å². The number of carbonyl (C=O) groups is 4. The normalized spacial score (nSPS) is 11.1. The van der Waals surface area contributed by atoms with Crippen molar-refractivity contribution in [2.24, 2.45) is 0 Å². The molecule has 256 valence electrons. The smallest absolute Gasteiger partial charge is 0.338 e. The van der Waals surface area contributed by atoms with Crippen molar-refractivity contribution in [3.8, 4) is 0 Å². The van der Waals surface area contributed by atoms with Crippen LogP contribution in [-0.4, -0.2) is 54.1 Å². The Bertz CT molecular complexity index is 1920. The first-order chi connectivity index (χ1) is 23.2. The molecule has 0 aromatic heterocycles. The van der Waals surface area contributed by atoms with E-state index in [4.69, 9.17) is 9.47 Å². The molecule has 0 saturated heterocycles. The molecule has 0 radical (unpaired) electrons. The number of urea groups is 2. The van der Waals surface area contributed by atoms with Gasteiger partial charge < -0.3 is 20.1 Å². The standard InChI is InChI=1S/C33H32N4O10S2/c1-22-6-3-8-28(20-22)48(42,43)36-32(40)34-26-14-10-24(11-15-26)30(38)46-18-5-19-47-31(39)25-12-16-27(17-13-25)35-33(41)37-49(44,45)29-9-4-7-23(2)21-29/h3-4,6-17,20-21H,5,18-19H2,1-2H3,(H2,34,36,40)(H2,35,37,41). The number of nitrogens with one attached hydrogen (secondary N) is 4. The van der Waals surface area contributed by atoms with Gasteiger partial charge in [0.25, 0.3) is 20.0 Å². The molecule has 4 aromatic carbocycles. The van der Waals surface area contributed by atoms with Gasteiger partial charge in [0.05, 0.1) is 34.1 Å². The van der Waals surface area contributed by atoms with E-state index in [1.54, 1.807) is 38.1 Å². The fraction of sp³-hybridized carbons (Fsp3) is 0.152. The summed E-state index contributed by atoms with van der Waals surface area (Å²) >= 11 is 0. The van der Waals surface area contributed by atoms with Gasteiger partial charge >= 0.3 is 24.0 Å². The minimum atomic E-state index is -4.08. The Morgan fingerprint density at radius 3 is 1.27 bits per heavy atom. The fourth-order valence-electron chi connectivity index (χ4n) is 4.17. The maximum atomic E-state index is 12.4. The Morgan fingerprint density at radius 1 is 0.551 bits per heavy atom. The average Bonchev–Trinajstić information content (AvgIpc) is 3.04. The number of sulfonamides is 2. The molecule has 16 heteroatoms. The number of anilines is 2. The van der Waals surface area contributed by atoms with E-state index in [1.807, 2.05) is 9.44 Å². The molecule has 0 atom stereocenters. The van der Waals surface area contributed by atoms with Crippen molar-refractivity contribution in [3.63, 3.8) is 0 Å². The van der Waals surface area contributed by atoms with Crippen LogP contribution < -0.4 is 20.1 Å². The highest BCUT2D eigenvalue weighted by Gasteiger charge is 2.19. The van der Waals surface area contributed by atoms with Gasteiger partial charge in [-0.05, 0) is 97.8 Å². The fourth-order valence-corrected chi connectivity index (χ4v) is 6.20. The molecule has 0 saturated carbocycles. The Kier molecular flexibility index (Phi) is 11.7. The van der Waals surface area contributed by atoms with Gasteiger partial charge in [0, 0.05) is 17.8 Å². The Labute approximate surface area is 282 Å². The maximum Gasteiger partial charge on any atom is 0.338 e. The number of hydrogen-bond acceptors (Lipinski definition) is 10. The van der Waals surface area contributed by atoms with E-state index in [-0.39, 0.29) is 51.9 Å². The molecule has 4 aromatic rings. The largest absolute Gasteiger partial charge is 0.462 e. The van der Waals surface area contributed by atoms with Crippen LogP contribution in [0, 0.1) is 13.8 Å². The van der Waals surface area contributed by atoms with Crippen LogP contribution in [0.15, 0.2) is 107 Å². The number of rotatable bonds is 12. The van der Waals surface area contributed by atoms with E-state index < -0.39 is 44.0 Å². The molecule has 4 amide bonds. The van der Waals surface area contributed by atoms with Crippen LogP contribution >= 0.6 is 0 Å². The zero-order chi connectivity index (χ0) is 35.6. The van der Waals surface area contributed by atoms with Gasteiger partial charge in [-0.3, -0.25) is 0 Å². The van der Waals surface area contributed by atoms with Crippen molar-refractivity contribution in [2.75, 3.05) is 23.8 Å². The van der Waals surface area contributed by atoms with Crippen LogP contribution in [0.5, 0.6) is 0 Å². The lowest BCUT2D eigenvalue weighted by molar-refractivity contribution is 0.0395. The van der Waals surface area contributed by atoms with E-state index in [9.17, 15) is 36.0 Å². The molecular weight excluding hydrogens is 677 g/mol. The molecule has 0 fully saturated rings. The number of amides is 4. The number of esters is 2. The second-order valence-electron chi connectivity index (χ2n) is 10.5. The molecule has 0 aliphatic heterocycles. The molecule has 0 heterocycles. The first-order valence-corrected chi connectivity index (χ1v) is 17.5. The van der Waals surface area contributed by atoms with Crippen molar-refractivity contribution >= 4 is 55.4 Å². The van der Waals surface area contributed by atoms with Gasteiger partial charge in [-0.15, -0.1) is 0 Å². The minimum Gasteiger partial charge on any atom is -0.462 e. The summed E-state index contributed by atoms with van der Waals surface area (Å²) in [5, 5.41) is 4.77. The Hall–Kier alpha value is -5.74. The van der Waals surface area contributed by atoms with Crippen LogP contribution in [0.3, 0.4) is 0 Å². The predicted octanol–water partition coefficient (Wildman–Crippen LogP) is 4.73. The van der Waals surface area contributed by atoms with Crippen LogP contribution in [-0.2, 0) is 29.5 Å². The lowest BCUT2D eigenvalue weighted by Crippen LogP contribution is -2.34. The van der Waals surface area contributed by atoms with E-state index in [0.29, 0.717) is 11.1 Å². The van der Waals surface area contributed by atoms with Gasteiger partial charge in [-0.1, -0.05) is 24.3 Å². The number of aryl methyl sites for hydroxylation is 2. The summed E-state index contributed by atoms with van der Waals surface area (Å²) in [5.41, 5.74) is 2.24. The Morgan fingerprint density at radius 2 is 0.918 bits per heavy atom. The monoisotopic (exact) mass is 708 g/mol. The number of carbonyl (C=O) groups excluding carboxylic acids is 4.